The number of aromatic carboxylic acids is 1. The number of hydrogen-bond donors (Lipinski definition) is 1. The molecule has 0 fully saturated rings. The normalized spacial score (nSPS) is 13.3. The molecule has 2 aromatic rings. The van der Waals surface area contributed by atoms with E-state index in [1.54, 1.807) is 30.3 Å². The van der Waals surface area contributed by atoms with Gasteiger partial charge in [0.25, 0.3) is 0 Å². The van der Waals surface area contributed by atoms with Crippen molar-refractivity contribution in [3.05, 3.63) is 58.7 Å². The molecule has 0 aromatic heterocycles. The van der Waals surface area contributed by atoms with E-state index in [0.29, 0.717) is 36.7 Å². The van der Waals surface area contributed by atoms with Gasteiger partial charge in [-0.2, -0.15) is 0 Å². The Kier molecular flexibility index (Phi) is 4.74. The smallest absolute Gasteiger partial charge is 0.335 e. The first-order valence-electron chi connectivity index (χ1n) is 8.25. The average Bonchev–Trinajstić information content (AvgIpc) is 2.59. The highest BCUT2D eigenvalue weighted by Crippen LogP contribution is 2.40. The number of rotatable bonds is 5. The van der Waals surface area contributed by atoms with Gasteiger partial charge in [-0.05, 0) is 35.7 Å². The van der Waals surface area contributed by atoms with E-state index in [-0.39, 0.29) is 17.3 Å². The number of ether oxygens (including phenoxy) is 2. The molecule has 3 rings (SSSR count). The Hall–Kier alpha value is -2.82. The van der Waals surface area contributed by atoms with Crippen LogP contribution in [0.1, 0.15) is 58.0 Å². The molecule has 1 heterocycles. The number of Topliss-reactive ketones (excluding diaryl/α,β-unsaturated/α-hetero) is 1. The number of carbonyl (C=O) groups excluding carboxylic acids is 1. The monoisotopic (exact) mass is 340 g/mol. The van der Waals surface area contributed by atoms with Crippen molar-refractivity contribution in [3.8, 4) is 11.5 Å². The Morgan fingerprint density at radius 1 is 1.20 bits per heavy atom. The van der Waals surface area contributed by atoms with E-state index in [2.05, 4.69) is 0 Å². The van der Waals surface area contributed by atoms with E-state index in [1.165, 1.54) is 0 Å². The SMILES string of the molecule is CC(C)c1c(OCc2ccc(C(=O)O)cc2)ccc2c1OCCC2=O. The maximum absolute atomic E-state index is 12.1. The lowest BCUT2D eigenvalue weighted by Gasteiger charge is -2.24. The van der Waals surface area contributed by atoms with Crippen molar-refractivity contribution in [1.82, 2.24) is 0 Å². The second-order valence-electron chi connectivity index (χ2n) is 6.32. The Morgan fingerprint density at radius 2 is 1.92 bits per heavy atom. The third-order valence-corrected chi connectivity index (χ3v) is 4.20. The molecule has 0 saturated carbocycles. The Labute approximate surface area is 146 Å². The van der Waals surface area contributed by atoms with Crippen molar-refractivity contribution in [2.24, 2.45) is 0 Å². The third-order valence-electron chi connectivity index (χ3n) is 4.20. The number of carboxylic acids is 1. The molecule has 0 amide bonds. The molecular weight excluding hydrogens is 320 g/mol. The van der Waals surface area contributed by atoms with Gasteiger partial charge in [-0.25, -0.2) is 4.79 Å². The fourth-order valence-corrected chi connectivity index (χ4v) is 2.91. The van der Waals surface area contributed by atoms with Gasteiger partial charge in [0, 0.05) is 12.0 Å². The quantitative estimate of drug-likeness (QED) is 0.889. The van der Waals surface area contributed by atoms with Gasteiger partial charge in [0.05, 0.1) is 17.7 Å². The molecule has 0 atom stereocenters. The Balaban J connectivity index is 1.85. The molecule has 0 unspecified atom stereocenters. The van der Waals surface area contributed by atoms with Crippen molar-refractivity contribution in [2.75, 3.05) is 6.61 Å². The van der Waals surface area contributed by atoms with E-state index in [0.717, 1.165) is 11.1 Å². The van der Waals surface area contributed by atoms with Crippen LogP contribution in [0.25, 0.3) is 0 Å². The molecule has 5 heteroatoms. The summed E-state index contributed by atoms with van der Waals surface area (Å²) in [4.78, 5) is 23.0. The molecule has 5 nitrogen and oxygen atoms in total. The summed E-state index contributed by atoms with van der Waals surface area (Å²) in [6.07, 6.45) is 0.403. The maximum Gasteiger partial charge on any atom is 0.335 e. The molecule has 25 heavy (non-hydrogen) atoms. The van der Waals surface area contributed by atoms with Gasteiger partial charge in [-0.1, -0.05) is 26.0 Å². The highest BCUT2D eigenvalue weighted by atomic mass is 16.5. The summed E-state index contributed by atoms with van der Waals surface area (Å²) in [6, 6.07) is 10.1. The number of fused-ring (bicyclic) bond motifs is 1. The zero-order valence-electron chi connectivity index (χ0n) is 14.2. The summed E-state index contributed by atoms with van der Waals surface area (Å²) in [5, 5.41) is 8.94. The lowest BCUT2D eigenvalue weighted by molar-refractivity contribution is 0.0696. The summed E-state index contributed by atoms with van der Waals surface area (Å²) in [6.45, 7) is 4.77. The van der Waals surface area contributed by atoms with Crippen molar-refractivity contribution >= 4 is 11.8 Å². The lowest BCUT2D eigenvalue weighted by Crippen LogP contribution is -2.17. The van der Waals surface area contributed by atoms with Gasteiger partial charge < -0.3 is 14.6 Å². The molecular formula is C20H20O5. The predicted octanol–water partition coefficient (Wildman–Crippen LogP) is 4.05. The van der Waals surface area contributed by atoms with E-state index >= 15 is 0 Å². The Morgan fingerprint density at radius 3 is 2.56 bits per heavy atom. The molecule has 0 saturated heterocycles. The molecule has 0 radical (unpaired) electrons. The van der Waals surface area contributed by atoms with Crippen LogP contribution in [0, 0.1) is 0 Å². The predicted molar refractivity (Wildman–Crippen MR) is 92.7 cm³/mol. The van der Waals surface area contributed by atoms with Crippen molar-refractivity contribution in [1.29, 1.82) is 0 Å². The second kappa shape index (κ2) is 6.97. The Bertz CT molecular complexity index is 806. The minimum Gasteiger partial charge on any atom is -0.492 e. The van der Waals surface area contributed by atoms with Crippen LogP contribution in [-0.2, 0) is 6.61 Å². The number of ketones is 1. The van der Waals surface area contributed by atoms with Crippen LogP contribution in [0.3, 0.4) is 0 Å². The minimum absolute atomic E-state index is 0.0963. The number of carbonyl (C=O) groups is 2. The fourth-order valence-electron chi connectivity index (χ4n) is 2.91. The van der Waals surface area contributed by atoms with E-state index in [4.69, 9.17) is 14.6 Å². The van der Waals surface area contributed by atoms with Gasteiger partial charge in [0.15, 0.2) is 5.78 Å². The second-order valence-corrected chi connectivity index (χ2v) is 6.32. The topological polar surface area (TPSA) is 72.8 Å². The van der Waals surface area contributed by atoms with Gasteiger partial charge in [0.2, 0.25) is 0 Å². The summed E-state index contributed by atoms with van der Waals surface area (Å²) < 4.78 is 11.7. The van der Waals surface area contributed by atoms with Crippen LogP contribution in [-0.4, -0.2) is 23.5 Å². The van der Waals surface area contributed by atoms with Gasteiger partial charge in [0.1, 0.15) is 18.1 Å². The molecule has 0 spiro atoms. The maximum atomic E-state index is 12.1. The van der Waals surface area contributed by atoms with Crippen LogP contribution in [0.5, 0.6) is 11.5 Å². The van der Waals surface area contributed by atoms with Gasteiger partial charge in [-0.3, -0.25) is 4.79 Å². The van der Waals surface area contributed by atoms with E-state index in [9.17, 15) is 9.59 Å². The van der Waals surface area contributed by atoms with Crippen molar-refractivity contribution < 1.29 is 24.2 Å². The van der Waals surface area contributed by atoms with E-state index in [1.807, 2.05) is 19.9 Å². The molecule has 1 aliphatic rings. The number of hydrogen-bond acceptors (Lipinski definition) is 4. The zero-order chi connectivity index (χ0) is 18.0. The van der Waals surface area contributed by atoms with Gasteiger partial charge >= 0.3 is 5.97 Å². The summed E-state index contributed by atoms with van der Waals surface area (Å²) in [5.74, 6) is 0.603. The van der Waals surface area contributed by atoms with Crippen LogP contribution >= 0.6 is 0 Å². The van der Waals surface area contributed by atoms with Crippen LogP contribution in [0.15, 0.2) is 36.4 Å². The molecule has 130 valence electrons. The first-order chi connectivity index (χ1) is 12.0. The van der Waals surface area contributed by atoms with Gasteiger partial charge in [-0.15, -0.1) is 0 Å². The summed E-state index contributed by atoms with van der Waals surface area (Å²) in [5.41, 5.74) is 2.63. The van der Waals surface area contributed by atoms with Crippen LogP contribution in [0.4, 0.5) is 0 Å². The molecule has 1 N–H and O–H groups in total. The molecule has 1 aliphatic heterocycles. The number of benzene rings is 2. The van der Waals surface area contributed by atoms with Crippen LogP contribution in [0.2, 0.25) is 0 Å². The minimum atomic E-state index is -0.953. The molecule has 0 bridgehead atoms. The lowest BCUT2D eigenvalue weighted by atomic mass is 9.94. The standard InChI is InChI=1S/C20H20O5/c1-12(2)18-17(8-7-15-16(21)9-10-24-19(15)18)25-11-13-3-5-14(6-4-13)20(22)23/h3-8,12H,9-11H2,1-2H3,(H,22,23). The first-order valence-corrected chi connectivity index (χ1v) is 8.25. The highest BCUT2D eigenvalue weighted by molar-refractivity contribution is 6.00. The number of carboxylic acid groups (broad SMARTS) is 1. The van der Waals surface area contributed by atoms with Crippen LogP contribution < -0.4 is 9.47 Å². The fraction of sp³-hybridized carbons (Fsp3) is 0.300. The summed E-state index contributed by atoms with van der Waals surface area (Å²) >= 11 is 0. The average molecular weight is 340 g/mol. The van der Waals surface area contributed by atoms with E-state index < -0.39 is 5.97 Å². The van der Waals surface area contributed by atoms with Crippen molar-refractivity contribution in [3.63, 3.8) is 0 Å². The largest absolute Gasteiger partial charge is 0.492 e. The molecule has 2 aromatic carbocycles. The third kappa shape index (κ3) is 3.50. The highest BCUT2D eigenvalue weighted by Gasteiger charge is 2.25. The zero-order valence-corrected chi connectivity index (χ0v) is 14.2. The summed E-state index contributed by atoms with van der Waals surface area (Å²) in [7, 11) is 0. The van der Waals surface area contributed by atoms with Crippen molar-refractivity contribution in [2.45, 2.75) is 32.8 Å². The molecule has 0 aliphatic carbocycles. The first kappa shape index (κ1) is 17.0.